The minimum Gasteiger partial charge on any atom is -0.334 e. The van der Waals surface area contributed by atoms with Crippen LogP contribution in [0.15, 0.2) is 30.3 Å². The normalized spacial score (nSPS) is 17.3. The van der Waals surface area contributed by atoms with Gasteiger partial charge < -0.3 is 10.6 Å². The first-order chi connectivity index (χ1) is 10.1. The van der Waals surface area contributed by atoms with Crippen molar-refractivity contribution in [2.24, 2.45) is 11.7 Å². The van der Waals surface area contributed by atoms with Crippen LogP contribution in [0.4, 0.5) is 0 Å². The molecule has 1 unspecified atom stereocenters. The van der Waals surface area contributed by atoms with E-state index in [1.54, 1.807) is 11.8 Å². The van der Waals surface area contributed by atoms with Crippen molar-refractivity contribution < 1.29 is 4.79 Å². The summed E-state index contributed by atoms with van der Waals surface area (Å²) < 4.78 is 0. The van der Waals surface area contributed by atoms with Crippen molar-refractivity contribution in [3.8, 4) is 0 Å². The molecule has 116 valence electrons. The lowest BCUT2D eigenvalue weighted by molar-refractivity contribution is -0.135. The minimum atomic E-state index is -0.373. The van der Waals surface area contributed by atoms with Crippen molar-refractivity contribution in [2.75, 3.05) is 12.0 Å². The zero-order valence-corrected chi connectivity index (χ0v) is 13.8. The van der Waals surface area contributed by atoms with Crippen molar-refractivity contribution in [3.05, 3.63) is 35.9 Å². The van der Waals surface area contributed by atoms with Crippen LogP contribution in [-0.2, 0) is 11.3 Å². The molecule has 0 aliphatic heterocycles. The Kier molecular flexibility index (Phi) is 6.12. The second-order valence-electron chi connectivity index (χ2n) is 5.92. The van der Waals surface area contributed by atoms with Crippen molar-refractivity contribution in [1.29, 1.82) is 0 Å². The van der Waals surface area contributed by atoms with Gasteiger partial charge in [-0.3, -0.25) is 4.79 Å². The molecule has 0 spiro atoms. The van der Waals surface area contributed by atoms with Crippen LogP contribution in [0.25, 0.3) is 0 Å². The lowest BCUT2D eigenvalue weighted by Crippen LogP contribution is -2.48. The molecule has 1 saturated carbocycles. The third kappa shape index (κ3) is 4.75. The van der Waals surface area contributed by atoms with Gasteiger partial charge in [-0.2, -0.15) is 11.8 Å². The molecule has 21 heavy (non-hydrogen) atoms. The van der Waals surface area contributed by atoms with Gasteiger partial charge >= 0.3 is 0 Å². The van der Waals surface area contributed by atoms with Crippen LogP contribution >= 0.6 is 11.8 Å². The maximum Gasteiger partial charge on any atom is 0.240 e. The van der Waals surface area contributed by atoms with E-state index >= 15 is 0 Å². The molecule has 2 rings (SSSR count). The highest BCUT2D eigenvalue weighted by Crippen LogP contribution is 2.36. The number of benzene rings is 1. The fraction of sp³-hybridized carbons (Fsp3) is 0.588. The van der Waals surface area contributed by atoms with Crippen molar-refractivity contribution >= 4 is 17.7 Å². The lowest BCUT2D eigenvalue weighted by Gasteiger charge is -2.32. The van der Waals surface area contributed by atoms with Gasteiger partial charge in [-0.1, -0.05) is 30.3 Å². The predicted octanol–water partition coefficient (Wildman–Crippen LogP) is 2.89. The van der Waals surface area contributed by atoms with Crippen LogP contribution < -0.4 is 5.73 Å². The first kappa shape index (κ1) is 16.4. The van der Waals surface area contributed by atoms with Crippen molar-refractivity contribution in [2.45, 2.75) is 44.8 Å². The zero-order chi connectivity index (χ0) is 15.2. The Morgan fingerprint density at radius 2 is 2.05 bits per heavy atom. The van der Waals surface area contributed by atoms with E-state index in [4.69, 9.17) is 5.73 Å². The second kappa shape index (κ2) is 7.85. The van der Waals surface area contributed by atoms with Gasteiger partial charge in [0, 0.05) is 12.6 Å². The molecule has 0 aromatic heterocycles. The van der Waals surface area contributed by atoms with Gasteiger partial charge in [-0.15, -0.1) is 0 Å². The van der Waals surface area contributed by atoms with Gasteiger partial charge in [0.2, 0.25) is 5.91 Å². The van der Waals surface area contributed by atoms with E-state index in [9.17, 15) is 4.79 Å². The number of rotatable bonds is 8. The average Bonchev–Trinajstić information content (AvgIpc) is 3.34. The van der Waals surface area contributed by atoms with Crippen LogP contribution in [0, 0.1) is 5.92 Å². The maximum absolute atomic E-state index is 12.7. The van der Waals surface area contributed by atoms with Gasteiger partial charge in [0.25, 0.3) is 0 Å². The highest BCUT2D eigenvalue weighted by Gasteiger charge is 2.35. The molecule has 1 aromatic carbocycles. The van der Waals surface area contributed by atoms with Gasteiger partial charge in [-0.05, 0) is 49.7 Å². The standard InChI is InChI=1S/C17H26N2OS/c1-13(15-8-9-15)19(12-14-6-4-3-5-7-14)17(20)16(18)10-11-21-2/h3-7,13,15-16H,8-12,18H2,1-2H3/t13?,16-/m0/s1. The quantitative estimate of drug-likeness (QED) is 0.803. The molecule has 0 radical (unpaired) electrons. The van der Waals surface area contributed by atoms with E-state index in [0.29, 0.717) is 12.5 Å². The monoisotopic (exact) mass is 306 g/mol. The molecule has 0 saturated heterocycles. The maximum atomic E-state index is 12.7. The highest BCUT2D eigenvalue weighted by atomic mass is 32.2. The predicted molar refractivity (Wildman–Crippen MR) is 90.2 cm³/mol. The summed E-state index contributed by atoms with van der Waals surface area (Å²) in [6.45, 7) is 2.84. The summed E-state index contributed by atoms with van der Waals surface area (Å²) in [7, 11) is 0. The molecule has 0 heterocycles. The third-order valence-corrected chi connectivity index (χ3v) is 4.87. The first-order valence-corrected chi connectivity index (χ1v) is 9.11. The summed E-state index contributed by atoms with van der Waals surface area (Å²) in [5.41, 5.74) is 7.29. The number of nitrogens with zero attached hydrogens (tertiary/aromatic N) is 1. The molecule has 1 fully saturated rings. The Labute approximate surface area is 132 Å². The van der Waals surface area contributed by atoms with E-state index in [-0.39, 0.29) is 18.0 Å². The van der Waals surface area contributed by atoms with Crippen LogP contribution in [0.3, 0.4) is 0 Å². The number of hydrogen-bond acceptors (Lipinski definition) is 3. The summed E-state index contributed by atoms with van der Waals surface area (Å²) in [4.78, 5) is 14.7. The number of hydrogen-bond donors (Lipinski definition) is 1. The number of thioether (sulfide) groups is 1. The fourth-order valence-electron chi connectivity index (χ4n) is 2.62. The number of carbonyl (C=O) groups excluding carboxylic acids is 1. The molecule has 2 atom stereocenters. The zero-order valence-electron chi connectivity index (χ0n) is 13.0. The van der Waals surface area contributed by atoms with E-state index in [2.05, 4.69) is 19.1 Å². The molecule has 1 aromatic rings. The summed E-state index contributed by atoms with van der Waals surface area (Å²) in [5, 5.41) is 0. The van der Waals surface area contributed by atoms with Crippen LogP contribution in [0.1, 0.15) is 31.7 Å². The van der Waals surface area contributed by atoms with Crippen molar-refractivity contribution in [1.82, 2.24) is 4.90 Å². The lowest BCUT2D eigenvalue weighted by atomic mass is 10.1. The second-order valence-corrected chi connectivity index (χ2v) is 6.90. The minimum absolute atomic E-state index is 0.104. The molecule has 1 aliphatic carbocycles. The Morgan fingerprint density at radius 3 is 2.62 bits per heavy atom. The first-order valence-electron chi connectivity index (χ1n) is 7.72. The van der Waals surface area contributed by atoms with Crippen LogP contribution in [-0.4, -0.2) is 34.9 Å². The summed E-state index contributed by atoms with van der Waals surface area (Å²) >= 11 is 1.74. The van der Waals surface area contributed by atoms with E-state index in [0.717, 1.165) is 12.2 Å². The molecule has 2 N–H and O–H groups in total. The Hall–Kier alpha value is -1.00. The van der Waals surface area contributed by atoms with Crippen LogP contribution in [0.5, 0.6) is 0 Å². The van der Waals surface area contributed by atoms with Gasteiger partial charge in [-0.25, -0.2) is 0 Å². The molecular weight excluding hydrogens is 280 g/mol. The molecule has 3 nitrogen and oxygen atoms in total. The Morgan fingerprint density at radius 1 is 1.38 bits per heavy atom. The van der Waals surface area contributed by atoms with Crippen LogP contribution in [0.2, 0.25) is 0 Å². The molecule has 4 heteroatoms. The largest absolute Gasteiger partial charge is 0.334 e. The van der Waals surface area contributed by atoms with Crippen molar-refractivity contribution in [3.63, 3.8) is 0 Å². The smallest absolute Gasteiger partial charge is 0.240 e. The molecule has 1 aliphatic rings. The Balaban J connectivity index is 2.06. The summed E-state index contributed by atoms with van der Waals surface area (Å²) in [5.74, 6) is 1.70. The highest BCUT2D eigenvalue weighted by molar-refractivity contribution is 7.98. The molecule has 0 bridgehead atoms. The van der Waals surface area contributed by atoms with Gasteiger partial charge in [0.05, 0.1) is 6.04 Å². The Bertz CT molecular complexity index is 447. The number of nitrogens with two attached hydrogens (primary N) is 1. The van der Waals surface area contributed by atoms with Gasteiger partial charge in [0.1, 0.15) is 0 Å². The summed E-state index contributed by atoms with van der Waals surface area (Å²) in [6.07, 6.45) is 5.27. The third-order valence-electron chi connectivity index (χ3n) is 4.22. The number of carbonyl (C=O) groups is 1. The fourth-order valence-corrected chi connectivity index (χ4v) is 3.11. The topological polar surface area (TPSA) is 46.3 Å². The summed E-state index contributed by atoms with van der Waals surface area (Å²) in [6, 6.07) is 10.1. The van der Waals surface area contributed by atoms with E-state index in [1.165, 1.54) is 18.4 Å². The molecular formula is C17H26N2OS. The molecule has 1 amide bonds. The van der Waals surface area contributed by atoms with Gasteiger partial charge in [0.15, 0.2) is 0 Å². The van der Waals surface area contributed by atoms with E-state index < -0.39 is 0 Å². The number of amides is 1. The van der Waals surface area contributed by atoms with E-state index in [1.807, 2.05) is 29.4 Å². The SMILES string of the molecule is CSCC[C@H](N)C(=O)N(Cc1ccccc1)C(C)C1CC1. The average molecular weight is 306 g/mol.